The molecule has 4 aromatic rings. The summed E-state index contributed by atoms with van der Waals surface area (Å²) in [6.45, 7) is 0.414. The van der Waals surface area contributed by atoms with Gasteiger partial charge in [-0.15, -0.1) is 0 Å². The molecule has 0 radical (unpaired) electrons. The first-order chi connectivity index (χ1) is 17.5. The SMILES string of the molecule is O=C(Nc1ccccc1)c1ccc(C(=O)c2c[nH]c3ncnc(N[C@@H]4CC[C@@H](CO)OC4)c23)c(Cl)c1. The maximum atomic E-state index is 13.5. The lowest BCUT2D eigenvalue weighted by Crippen LogP contribution is -2.36. The second-order valence-corrected chi connectivity index (χ2v) is 8.96. The number of halogens is 1. The fourth-order valence-electron chi connectivity index (χ4n) is 4.22. The van der Waals surface area contributed by atoms with Crippen LogP contribution in [0.5, 0.6) is 0 Å². The lowest BCUT2D eigenvalue weighted by atomic mass is 10.0. The van der Waals surface area contributed by atoms with Crippen LogP contribution in [0.25, 0.3) is 11.0 Å². The number of para-hydroxylation sites is 1. The molecular formula is C26H24ClN5O4. The van der Waals surface area contributed by atoms with Crippen molar-refractivity contribution in [3.8, 4) is 0 Å². The average molecular weight is 506 g/mol. The van der Waals surface area contributed by atoms with Crippen LogP contribution in [0.1, 0.15) is 39.1 Å². The number of rotatable bonds is 7. The number of aliphatic hydroxyl groups is 1. The third-order valence-electron chi connectivity index (χ3n) is 6.14. The Hall–Kier alpha value is -3.79. The summed E-state index contributed by atoms with van der Waals surface area (Å²) >= 11 is 6.47. The molecule has 0 bridgehead atoms. The number of amides is 1. The molecule has 5 rings (SSSR count). The number of ketones is 1. The fraction of sp³-hybridized carbons (Fsp3) is 0.231. The number of nitrogens with one attached hydrogen (secondary N) is 3. The van der Waals surface area contributed by atoms with E-state index < -0.39 is 0 Å². The van der Waals surface area contributed by atoms with Crippen LogP contribution in [0.3, 0.4) is 0 Å². The number of hydrogen-bond donors (Lipinski definition) is 4. The van der Waals surface area contributed by atoms with Gasteiger partial charge >= 0.3 is 0 Å². The normalized spacial score (nSPS) is 17.6. The molecule has 184 valence electrons. The van der Waals surface area contributed by atoms with Gasteiger partial charge in [0, 0.05) is 23.0 Å². The number of anilines is 2. The first-order valence-corrected chi connectivity index (χ1v) is 11.9. The molecule has 2 aromatic heterocycles. The summed E-state index contributed by atoms with van der Waals surface area (Å²) in [6, 6.07) is 13.7. The van der Waals surface area contributed by atoms with Gasteiger partial charge in [-0.1, -0.05) is 29.8 Å². The van der Waals surface area contributed by atoms with Crippen molar-refractivity contribution in [1.82, 2.24) is 15.0 Å². The topological polar surface area (TPSA) is 129 Å². The van der Waals surface area contributed by atoms with Gasteiger partial charge in [0.1, 0.15) is 17.8 Å². The van der Waals surface area contributed by atoms with E-state index in [0.29, 0.717) is 40.3 Å². The van der Waals surface area contributed by atoms with E-state index in [-0.39, 0.29) is 41.0 Å². The molecule has 36 heavy (non-hydrogen) atoms. The number of ether oxygens (including phenoxy) is 1. The molecule has 0 unspecified atom stereocenters. The van der Waals surface area contributed by atoms with Crippen LogP contribution in [0.4, 0.5) is 11.5 Å². The Kier molecular flexibility index (Phi) is 6.95. The number of H-pyrrole nitrogens is 1. The molecule has 1 amide bonds. The number of carbonyl (C=O) groups is 2. The van der Waals surface area contributed by atoms with Crippen molar-refractivity contribution in [2.75, 3.05) is 23.8 Å². The third-order valence-corrected chi connectivity index (χ3v) is 6.45. The van der Waals surface area contributed by atoms with E-state index >= 15 is 0 Å². The monoisotopic (exact) mass is 505 g/mol. The van der Waals surface area contributed by atoms with Gasteiger partial charge in [-0.3, -0.25) is 9.59 Å². The van der Waals surface area contributed by atoms with Crippen molar-refractivity contribution in [1.29, 1.82) is 0 Å². The first kappa shape index (κ1) is 23.9. The zero-order valence-electron chi connectivity index (χ0n) is 19.2. The van der Waals surface area contributed by atoms with E-state index in [4.69, 9.17) is 16.3 Å². The number of aromatic nitrogens is 3. The number of fused-ring (bicyclic) bond motifs is 1. The summed E-state index contributed by atoms with van der Waals surface area (Å²) in [7, 11) is 0. The zero-order chi connectivity index (χ0) is 25.1. The van der Waals surface area contributed by atoms with Gasteiger partial charge in [-0.05, 0) is 43.2 Å². The van der Waals surface area contributed by atoms with Gasteiger partial charge in [-0.2, -0.15) is 0 Å². The highest BCUT2D eigenvalue weighted by Gasteiger charge is 2.25. The van der Waals surface area contributed by atoms with E-state index in [0.717, 1.165) is 12.8 Å². The molecule has 2 aromatic carbocycles. The maximum Gasteiger partial charge on any atom is 0.255 e. The van der Waals surface area contributed by atoms with Crippen molar-refractivity contribution >= 4 is 45.8 Å². The highest BCUT2D eigenvalue weighted by Crippen LogP contribution is 2.30. The summed E-state index contributed by atoms with van der Waals surface area (Å²) in [6.07, 6.45) is 4.36. The highest BCUT2D eigenvalue weighted by molar-refractivity contribution is 6.36. The maximum absolute atomic E-state index is 13.5. The van der Waals surface area contributed by atoms with Gasteiger partial charge in [0.2, 0.25) is 0 Å². The van der Waals surface area contributed by atoms with Gasteiger partial charge in [0.05, 0.1) is 41.3 Å². The second-order valence-electron chi connectivity index (χ2n) is 8.55. The van der Waals surface area contributed by atoms with E-state index in [1.807, 2.05) is 18.2 Å². The Morgan fingerprint density at radius 3 is 2.67 bits per heavy atom. The predicted octanol–water partition coefficient (Wildman–Crippen LogP) is 4.05. The molecule has 1 fully saturated rings. The molecule has 3 heterocycles. The van der Waals surface area contributed by atoms with Crippen molar-refractivity contribution < 1.29 is 19.4 Å². The number of aliphatic hydroxyl groups excluding tert-OH is 1. The number of aromatic amines is 1. The van der Waals surface area contributed by atoms with Crippen LogP contribution in [-0.4, -0.2) is 57.1 Å². The minimum atomic E-state index is -0.327. The van der Waals surface area contributed by atoms with Gasteiger partial charge in [0.25, 0.3) is 5.91 Å². The highest BCUT2D eigenvalue weighted by atomic mass is 35.5. The average Bonchev–Trinajstić information content (AvgIpc) is 3.34. The van der Waals surface area contributed by atoms with Crippen molar-refractivity contribution in [3.05, 3.63) is 82.8 Å². The van der Waals surface area contributed by atoms with Crippen molar-refractivity contribution in [2.24, 2.45) is 0 Å². The quantitative estimate of drug-likeness (QED) is 0.279. The van der Waals surface area contributed by atoms with Crippen LogP contribution in [-0.2, 0) is 4.74 Å². The number of benzene rings is 2. The van der Waals surface area contributed by atoms with Crippen LogP contribution in [0.15, 0.2) is 61.1 Å². The van der Waals surface area contributed by atoms with Crippen molar-refractivity contribution in [2.45, 2.75) is 25.0 Å². The Bertz CT molecular complexity index is 1400. The number of nitrogens with zero attached hydrogens (tertiary/aromatic N) is 2. The molecule has 10 heteroatoms. The molecule has 1 aliphatic rings. The largest absolute Gasteiger partial charge is 0.394 e. The molecule has 4 N–H and O–H groups in total. The van der Waals surface area contributed by atoms with Gasteiger partial charge in [0.15, 0.2) is 5.78 Å². The summed E-state index contributed by atoms with van der Waals surface area (Å²) in [5, 5.41) is 16.1. The zero-order valence-corrected chi connectivity index (χ0v) is 20.0. The van der Waals surface area contributed by atoms with Crippen LogP contribution >= 0.6 is 11.6 Å². The molecule has 1 saturated heterocycles. The molecular weight excluding hydrogens is 482 g/mol. The molecule has 0 spiro atoms. The Morgan fingerprint density at radius 1 is 1.11 bits per heavy atom. The van der Waals surface area contributed by atoms with E-state index in [1.165, 1.54) is 12.4 Å². The summed E-state index contributed by atoms with van der Waals surface area (Å²) in [4.78, 5) is 37.8. The smallest absolute Gasteiger partial charge is 0.255 e. The van der Waals surface area contributed by atoms with Crippen LogP contribution in [0, 0.1) is 0 Å². The van der Waals surface area contributed by atoms with E-state index in [2.05, 4.69) is 25.6 Å². The lowest BCUT2D eigenvalue weighted by Gasteiger charge is -2.29. The summed E-state index contributed by atoms with van der Waals surface area (Å²) in [5.41, 5.74) is 2.13. The first-order valence-electron chi connectivity index (χ1n) is 11.5. The van der Waals surface area contributed by atoms with E-state index in [1.54, 1.807) is 30.5 Å². The Balaban J connectivity index is 1.38. The van der Waals surface area contributed by atoms with Crippen molar-refractivity contribution in [3.63, 3.8) is 0 Å². The molecule has 0 saturated carbocycles. The summed E-state index contributed by atoms with van der Waals surface area (Å²) < 4.78 is 5.66. The minimum Gasteiger partial charge on any atom is -0.394 e. The van der Waals surface area contributed by atoms with Crippen LogP contribution in [0.2, 0.25) is 5.02 Å². The number of carbonyl (C=O) groups excluding carboxylic acids is 2. The van der Waals surface area contributed by atoms with E-state index in [9.17, 15) is 14.7 Å². The summed E-state index contributed by atoms with van der Waals surface area (Å²) in [5.74, 6) is -0.137. The minimum absolute atomic E-state index is 0.00556. The Labute approximate surface area is 211 Å². The van der Waals surface area contributed by atoms with Gasteiger partial charge < -0.3 is 25.5 Å². The fourth-order valence-corrected chi connectivity index (χ4v) is 4.49. The molecule has 0 aliphatic carbocycles. The number of hydrogen-bond acceptors (Lipinski definition) is 7. The van der Waals surface area contributed by atoms with Gasteiger partial charge in [-0.25, -0.2) is 9.97 Å². The third kappa shape index (κ3) is 4.94. The lowest BCUT2D eigenvalue weighted by molar-refractivity contribution is -0.0224. The second kappa shape index (κ2) is 10.4. The molecule has 9 nitrogen and oxygen atoms in total. The molecule has 2 atom stereocenters. The standard InChI is InChI=1S/C26H24ClN5O4/c27-21-10-15(26(35)32-16-4-2-1-3-5-16)6-9-19(21)23(34)20-11-28-24-22(20)25(30-14-29-24)31-17-7-8-18(12-33)36-13-17/h1-6,9-11,14,17-18,33H,7-8,12-13H2,(H,32,35)(H2,28,29,30,31)/t17-,18+/m1/s1. The van der Waals surface area contributed by atoms with Crippen LogP contribution < -0.4 is 10.6 Å². The predicted molar refractivity (Wildman–Crippen MR) is 137 cm³/mol. The molecule has 1 aliphatic heterocycles. The Morgan fingerprint density at radius 2 is 1.94 bits per heavy atom.